The highest BCUT2D eigenvalue weighted by Crippen LogP contribution is 2.20. The normalized spacial score (nSPS) is 14.9. The molecule has 2 aromatic carbocycles. The van der Waals surface area contributed by atoms with E-state index in [9.17, 15) is 14.0 Å². The van der Waals surface area contributed by atoms with Crippen LogP contribution in [0.15, 0.2) is 48.5 Å². The van der Waals surface area contributed by atoms with E-state index in [4.69, 9.17) is 0 Å². The van der Waals surface area contributed by atoms with Gasteiger partial charge in [-0.15, -0.1) is 11.8 Å². The Morgan fingerprint density at radius 3 is 2.48 bits per heavy atom. The van der Waals surface area contributed by atoms with Crippen molar-refractivity contribution in [1.82, 2.24) is 10.2 Å². The van der Waals surface area contributed by atoms with Gasteiger partial charge in [-0.2, -0.15) is 0 Å². The Morgan fingerprint density at radius 2 is 1.81 bits per heavy atom. The first-order valence-corrected chi connectivity index (χ1v) is 12.1. The van der Waals surface area contributed by atoms with Crippen molar-refractivity contribution < 1.29 is 14.0 Å². The van der Waals surface area contributed by atoms with E-state index in [1.807, 2.05) is 6.92 Å². The van der Waals surface area contributed by atoms with Crippen molar-refractivity contribution in [3.8, 4) is 0 Å². The van der Waals surface area contributed by atoms with Crippen LogP contribution in [0.5, 0.6) is 0 Å². The molecule has 0 aromatic heterocycles. The van der Waals surface area contributed by atoms with Crippen LogP contribution in [0.2, 0.25) is 0 Å². The maximum Gasteiger partial charge on any atom is 0.242 e. The van der Waals surface area contributed by atoms with E-state index in [1.165, 1.54) is 28.3 Å². The fourth-order valence-corrected chi connectivity index (χ4v) is 4.68. The van der Waals surface area contributed by atoms with Gasteiger partial charge in [-0.25, -0.2) is 4.39 Å². The van der Waals surface area contributed by atoms with Crippen molar-refractivity contribution in [3.63, 3.8) is 0 Å². The predicted octanol–water partition coefficient (Wildman–Crippen LogP) is 4.84. The Hall–Kier alpha value is -2.34. The zero-order valence-electron chi connectivity index (χ0n) is 18.3. The summed E-state index contributed by atoms with van der Waals surface area (Å²) in [5, 5.41) is 3.07. The largest absolute Gasteiger partial charge is 0.352 e. The van der Waals surface area contributed by atoms with E-state index in [0.29, 0.717) is 11.3 Å². The summed E-state index contributed by atoms with van der Waals surface area (Å²) in [5.41, 5.74) is 2.76. The lowest BCUT2D eigenvalue weighted by Crippen LogP contribution is -2.50. The van der Waals surface area contributed by atoms with Crippen LogP contribution in [0, 0.1) is 12.7 Å². The molecule has 0 aliphatic heterocycles. The number of nitrogens with one attached hydrogen (secondary N) is 1. The predicted molar refractivity (Wildman–Crippen MR) is 124 cm³/mol. The number of aryl methyl sites for hydroxylation is 1. The summed E-state index contributed by atoms with van der Waals surface area (Å²) in [4.78, 5) is 27.4. The molecule has 1 fully saturated rings. The first-order valence-electron chi connectivity index (χ1n) is 10.9. The first kappa shape index (κ1) is 23.3. The number of halogens is 1. The molecule has 3 rings (SSSR count). The van der Waals surface area contributed by atoms with Crippen LogP contribution < -0.4 is 5.32 Å². The average molecular weight is 443 g/mol. The lowest BCUT2D eigenvalue weighted by Gasteiger charge is -2.29. The third-order valence-electron chi connectivity index (χ3n) is 5.78. The van der Waals surface area contributed by atoms with E-state index in [-0.39, 0.29) is 36.0 Å². The van der Waals surface area contributed by atoms with E-state index >= 15 is 0 Å². The zero-order chi connectivity index (χ0) is 22.2. The van der Waals surface area contributed by atoms with E-state index < -0.39 is 6.04 Å². The summed E-state index contributed by atoms with van der Waals surface area (Å²) in [5.74, 6) is 0.261. The van der Waals surface area contributed by atoms with Gasteiger partial charge in [0.15, 0.2) is 0 Å². The number of hydrogen-bond donors (Lipinski definition) is 1. The van der Waals surface area contributed by atoms with Crippen LogP contribution in [0.1, 0.15) is 49.3 Å². The van der Waals surface area contributed by atoms with Gasteiger partial charge in [0, 0.05) is 23.9 Å². The molecular weight excluding hydrogens is 411 g/mol. The molecule has 0 spiro atoms. The molecule has 166 valence electrons. The van der Waals surface area contributed by atoms with Crippen molar-refractivity contribution in [2.45, 2.75) is 63.9 Å². The molecule has 0 heterocycles. The number of nitrogens with zero attached hydrogens (tertiary/aromatic N) is 1. The zero-order valence-corrected chi connectivity index (χ0v) is 19.1. The number of thioether (sulfide) groups is 1. The van der Waals surface area contributed by atoms with Gasteiger partial charge in [0.2, 0.25) is 11.8 Å². The van der Waals surface area contributed by atoms with Crippen molar-refractivity contribution >= 4 is 23.6 Å². The molecular formula is C25H31FN2O2S. The Balaban J connectivity index is 1.66. The molecule has 0 unspecified atom stereocenters. The van der Waals surface area contributed by atoms with E-state index in [0.717, 1.165) is 31.2 Å². The maximum atomic E-state index is 14.3. The third kappa shape index (κ3) is 6.82. The Bertz CT molecular complexity index is 881. The van der Waals surface area contributed by atoms with Crippen LogP contribution in [-0.2, 0) is 21.9 Å². The monoisotopic (exact) mass is 442 g/mol. The first-order chi connectivity index (χ1) is 14.9. The molecule has 1 aliphatic rings. The average Bonchev–Trinajstić information content (AvgIpc) is 3.27. The maximum absolute atomic E-state index is 14.3. The second-order valence-electron chi connectivity index (χ2n) is 8.26. The highest BCUT2D eigenvalue weighted by Gasteiger charge is 2.28. The van der Waals surface area contributed by atoms with Crippen molar-refractivity contribution in [3.05, 3.63) is 71.0 Å². The standard InChI is InChI=1S/C25H31FN2O2S/c1-18-11-13-20(14-12-18)16-31-17-24(29)28(15-21-7-3-6-10-23(21)26)19(2)25(30)27-22-8-4-5-9-22/h3,6-7,10-14,19,22H,4-5,8-9,15-17H2,1-2H3,(H,27,30)/t19-/m1/s1. The van der Waals surface area contributed by atoms with Gasteiger partial charge in [0.05, 0.1) is 5.75 Å². The number of amides is 2. The molecule has 31 heavy (non-hydrogen) atoms. The summed E-state index contributed by atoms with van der Waals surface area (Å²) in [6.45, 7) is 3.85. The minimum absolute atomic E-state index is 0.0792. The quantitative estimate of drug-likeness (QED) is 0.604. The Morgan fingerprint density at radius 1 is 1.13 bits per heavy atom. The number of rotatable bonds is 9. The van der Waals surface area contributed by atoms with Crippen molar-refractivity contribution in [2.75, 3.05) is 5.75 Å². The molecule has 6 heteroatoms. The minimum atomic E-state index is -0.660. The Kier molecular flexibility index (Phi) is 8.52. The molecule has 2 amide bonds. The molecule has 2 aromatic rings. The van der Waals surface area contributed by atoms with Crippen molar-refractivity contribution in [2.24, 2.45) is 0 Å². The van der Waals surface area contributed by atoms with Gasteiger partial charge >= 0.3 is 0 Å². The van der Waals surface area contributed by atoms with Gasteiger partial charge < -0.3 is 10.2 Å². The lowest BCUT2D eigenvalue weighted by atomic mass is 10.1. The topological polar surface area (TPSA) is 49.4 Å². The minimum Gasteiger partial charge on any atom is -0.352 e. The summed E-state index contributed by atoms with van der Waals surface area (Å²) < 4.78 is 14.3. The smallest absolute Gasteiger partial charge is 0.242 e. The molecule has 0 bridgehead atoms. The van der Waals surface area contributed by atoms with Crippen LogP contribution in [0.25, 0.3) is 0 Å². The molecule has 1 N–H and O–H groups in total. The van der Waals surface area contributed by atoms with Gasteiger partial charge in [0.25, 0.3) is 0 Å². The molecule has 1 saturated carbocycles. The third-order valence-corrected chi connectivity index (χ3v) is 6.77. The second kappa shape index (κ2) is 11.3. The van der Waals surface area contributed by atoms with Gasteiger partial charge in [-0.1, -0.05) is 60.9 Å². The fraction of sp³-hybridized carbons (Fsp3) is 0.440. The lowest BCUT2D eigenvalue weighted by molar-refractivity contribution is -0.139. The molecule has 0 radical (unpaired) electrons. The van der Waals surface area contributed by atoms with Gasteiger partial charge in [-0.3, -0.25) is 9.59 Å². The van der Waals surface area contributed by atoms with Gasteiger partial charge in [0.1, 0.15) is 11.9 Å². The van der Waals surface area contributed by atoms with Crippen LogP contribution in [0.4, 0.5) is 4.39 Å². The molecule has 1 aliphatic carbocycles. The highest BCUT2D eigenvalue weighted by molar-refractivity contribution is 7.99. The van der Waals surface area contributed by atoms with E-state index in [1.54, 1.807) is 25.1 Å². The summed E-state index contributed by atoms with van der Waals surface area (Å²) >= 11 is 1.51. The van der Waals surface area contributed by atoms with Crippen LogP contribution in [0.3, 0.4) is 0 Å². The number of benzene rings is 2. The van der Waals surface area contributed by atoms with Crippen LogP contribution >= 0.6 is 11.8 Å². The number of hydrogen-bond acceptors (Lipinski definition) is 3. The second-order valence-corrected chi connectivity index (χ2v) is 9.24. The SMILES string of the molecule is Cc1ccc(CSCC(=O)N(Cc2ccccc2F)[C@H](C)C(=O)NC2CCCC2)cc1. The molecule has 1 atom stereocenters. The van der Waals surface area contributed by atoms with Crippen molar-refractivity contribution in [1.29, 1.82) is 0 Å². The van der Waals surface area contributed by atoms with E-state index in [2.05, 4.69) is 29.6 Å². The Labute approximate surface area is 188 Å². The highest BCUT2D eigenvalue weighted by atomic mass is 32.2. The number of carbonyl (C=O) groups is 2. The number of carbonyl (C=O) groups excluding carboxylic acids is 2. The molecule has 0 saturated heterocycles. The van der Waals surface area contributed by atoms with Gasteiger partial charge in [-0.05, 0) is 38.3 Å². The summed E-state index contributed by atoms with van der Waals surface area (Å²) in [6.07, 6.45) is 4.19. The van der Waals surface area contributed by atoms with Crippen LogP contribution in [-0.4, -0.2) is 34.6 Å². The summed E-state index contributed by atoms with van der Waals surface area (Å²) in [7, 11) is 0. The summed E-state index contributed by atoms with van der Waals surface area (Å²) in [6, 6.07) is 14.2. The molecule has 4 nitrogen and oxygen atoms in total. The fourth-order valence-electron chi connectivity index (χ4n) is 3.81.